The molecule has 2 aromatic rings. The van der Waals surface area contributed by atoms with E-state index >= 15 is 0 Å². The predicted molar refractivity (Wildman–Crippen MR) is 56.3 cm³/mol. The van der Waals surface area contributed by atoms with E-state index in [9.17, 15) is 4.79 Å². The number of rotatable bonds is 4. The lowest BCUT2D eigenvalue weighted by molar-refractivity contribution is 0.869. The molecule has 0 fully saturated rings. The Bertz CT molecular complexity index is 527. The molecular weight excluding hydrogens is 196 g/mol. The molecule has 0 atom stereocenters. The predicted octanol–water partition coefficient (Wildman–Crippen LogP) is -0.251. The van der Waals surface area contributed by atoms with Crippen molar-refractivity contribution in [3.8, 4) is 0 Å². The van der Waals surface area contributed by atoms with Crippen molar-refractivity contribution in [3.63, 3.8) is 0 Å². The summed E-state index contributed by atoms with van der Waals surface area (Å²) in [5.41, 5.74) is 5.99. The lowest BCUT2D eigenvalue weighted by atomic mass is 10.5. The second-order valence-corrected chi connectivity index (χ2v) is 2.81. The first-order chi connectivity index (χ1) is 7.31. The fourth-order valence-corrected chi connectivity index (χ4v) is 1.11. The first-order valence-electron chi connectivity index (χ1n) is 4.34. The summed E-state index contributed by atoms with van der Waals surface area (Å²) < 4.78 is 0. The highest BCUT2D eigenvalue weighted by Crippen LogP contribution is 2.01. The molecule has 7 heteroatoms. The molecule has 0 aliphatic rings. The normalized spacial score (nSPS) is 10.4. The highest BCUT2D eigenvalue weighted by molar-refractivity contribution is 5.69. The van der Waals surface area contributed by atoms with Gasteiger partial charge in [-0.3, -0.25) is 15.2 Å². The van der Waals surface area contributed by atoms with E-state index in [1.807, 2.05) is 0 Å². The molecular formula is C8H10N6O. The van der Waals surface area contributed by atoms with Gasteiger partial charge in [0.1, 0.15) is 0 Å². The Balaban J connectivity index is 2.28. The van der Waals surface area contributed by atoms with Crippen LogP contribution in [0.4, 0.5) is 5.95 Å². The number of H-pyrrole nitrogens is 2. The maximum atomic E-state index is 11.4. The van der Waals surface area contributed by atoms with Crippen LogP contribution in [0.15, 0.2) is 23.8 Å². The third-order valence-electron chi connectivity index (χ3n) is 1.74. The van der Waals surface area contributed by atoms with E-state index in [-0.39, 0.29) is 5.56 Å². The van der Waals surface area contributed by atoms with Gasteiger partial charge in [-0.25, -0.2) is 10.4 Å². The summed E-state index contributed by atoms with van der Waals surface area (Å²) in [7, 11) is 0. The zero-order chi connectivity index (χ0) is 10.7. The Labute approximate surface area is 84.6 Å². The molecule has 2 heterocycles. The zero-order valence-corrected chi connectivity index (χ0v) is 7.87. The van der Waals surface area contributed by atoms with Crippen molar-refractivity contribution in [2.24, 2.45) is 0 Å². The van der Waals surface area contributed by atoms with Crippen LogP contribution in [0.3, 0.4) is 0 Å². The fraction of sp³-hybridized carbons (Fsp3) is 0.125. The lowest BCUT2D eigenvalue weighted by Crippen LogP contribution is -2.25. The number of hydrogen-bond donors (Lipinski definition) is 4. The molecule has 0 aliphatic carbocycles. The van der Waals surface area contributed by atoms with Gasteiger partial charge in [0.25, 0.3) is 5.56 Å². The highest BCUT2D eigenvalue weighted by atomic mass is 16.1. The van der Waals surface area contributed by atoms with Gasteiger partial charge in [-0.2, -0.15) is 4.98 Å². The molecule has 4 N–H and O–H groups in total. The number of fused-ring (bicyclic) bond motifs is 1. The lowest BCUT2D eigenvalue weighted by Gasteiger charge is -2.03. The van der Waals surface area contributed by atoms with Crippen LogP contribution >= 0.6 is 0 Å². The number of hydrazine groups is 1. The van der Waals surface area contributed by atoms with Crippen LogP contribution in [0.5, 0.6) is 0 Å². The zero-order valence-electron chi connectivity index (χ0n) is 7.87. The Morgan fingerprint density at radius 3 is 3.27 bits per heavy atom. The topological polar surface area (TPSA) is 98.5 Å². The highest BCUT2D eigenvalue weighted by Gasteiger charge is 2.04. The van der Waals surface area contributed by atoms with Crippen molar-refractivity contribution in [2.75, 3.05) is 12.0 Å². The molecule has 0 radical (unpaired) electrons. The minimum Gasteiger partial charge on any atom is -0.329 e. The van der Waals surface area contributed by atoms with E-state index in [0.29, 0.717) is 23.7 Å². The van der Waals surface area contributed by atoms with E-state index in [1.54, 1.807) is 6.08 Å². The van der Waals surface area contributed by atoms with E-state index in [2.05, 4.69) is 37.4 Å². The van der Waals surface area contributed by atoms with Crippen molar-refractivity contribution in [1.29, 1.82) is 0 Å². The van der Waals surface area contributed by atoms with Gasteiger partial charge < -0.3 is 4.98 Å². The summed E-state index contributed by atoms with van der Waals surface area (Å²) in [5.74, 6) is 0.332. The van der Waals surface area contributed by atoms with Crippen LogP contribution in [0.25, 0.3) is 11.2 Å². The fourth-order valence-electron chi connectivity index (χ4n) is 1.11. The number of aromatic amines is 2. The van der Waals surface area contributed by atoms with Gasteiger partial charge in [0.15, 0.2) is 11.2 Å². The van der Waals surface area contributed by atoms with Gasteiger partial charge in [-0.1, -0.05) is 6.08 Å². The molecule has 0 aromatic carbocycles. The van der Waals surface area contributed by atoms with Gasteiger partial charge >= 0.3 is 0 Å². The van der Waals surface area contributed by atoms with Crippen LogP contribution in [0.2, 0.25) is 0 Å². The summed E-state index contributed by atoms with van der Waals surface area (Å²) in [5, 5.41) is 0. The van der Waals surface area contributed by atoms with Crippen molar-refractivity contribution >= 4 is 17.1 Å². The minimum absolute atomic E-state index is 0.288. The quantitative estimate of drug-likeness (QED) is 0.314. The number of nitrogens with zero attached hydrogens (tertiary/aromatic N) is 2. The minimum atomic E-state index is -0.288. The van der Waals surface area contributed by atoms with E-state index < -0.39 is 0 Å². The van der Waals surface area contributed by atoms with Crippen LogP contribution in [-0.4, -0.2) is 26.5 Å². The average Bonchev–Trinajstić information content (AvgIpc) is 2.66. The third-order valence-corrected chi connectivity index (χ3v) is 1.74. The maximum Gasteiger partial charge on any atom is 0.280 e. The largest absolute Gasteiger partial charge is 0.329 e. The van der Waals surface area contributed by atoms with Crippen molar-refractivity contribution < 1.29 is 0 Å². The van der Waals surface area contributed by atoms with E-state index in [0.717, 1.165) is 0 Å². The SMILES string of the molecule is C=CCNNc1nc2[nH]cnc2c(=O)[nH]1. The number of imidazole rings is 1. The summed E-state index contributed by atoms with van der Waals surface area (Å²) in [6.45, 7) is 4.10. The molecule has 0 bridgehead atoms. The first-order valence-corrected chi connectivity index (χ1v) is 4.34. The average molecular weight is 206 g/mol. The number of anilines is 1. The van der Waals surface area contributed by atoms with Gasteiger partial charge in [-0.05, 0) is 0 Å². The summed E-state index contributed by atoms with van der Waals surface area (Å²) >= 11 is 0. The summed E-state index contributed by atoms with van der Waals surface area (Å²) in [6, 6.07) is 0. The van der Waals surface area contributed by atoms with E-state index in [4.69, 9.17) is 0 Å². The maximum absolute atomic E-state index is 11.4. The molecule has 15 heavy (non-hydrogen) atoms. The number of aromatic nitrogens is 4. The molecule has 0 spiro atoms. The van der Waals surface area contributed by atoms with Crippen LogP contribution in [0, 0.1) is 0 Å². The van der Waals surface area contributed by atoms with Crippen LogP contribution < -0.4 is 16.4 Å². The van der Waals surface area contributed by atoms with Crippen LogP contribution in [0.1, 0.15) is 0 Å². The molecule has 0 amide bonds. The molecule has 0 unspecified atom stereocenters. The monoisotopic (exact) mass is 206 g/mol. The van der Waals surface area contributed by atoms with Crippen molar-refractivity contribution in [1.82, 2.24) is 25.4 Å². The Hall–Kier alpha value is -2.15. The Kier molecular flexibility index (Phi) is 2.46. The van der Waals surface area contributed by atoms with E-state index in [1.165, 1.54) is 6.33 Å². The molecule has 2 aromatic heterocycles. The van der Waals surface area contributed by atoms with Crippen molar-refractivity contribution in [3.05, 3.63) is 29.3 Å². The number of nitrogens with one attached hydrogen (secondary N) is 4. The molecule has 7 nitrogen and oxygen atoms in total. The van der Waals surface area contributed by atoms with Gasteiger partial charge in [0, 0.05) is 6.54 Å². The Morgan fingerprint density at radius 2 is 2.47 bits per heavy atom. The molecule has 0 aliphatic heterocycles. The van der Waals surface area contributed by atoms with Crippen molar-refractivity contribution in [2.45, 2.75) is 0 Å². The molecule has 2 rings (SSSR count). The molecule has 0 saturated carbocycles. The smallest absolute Gasteiger partial charge is 0.280 e. The van der Waals surface area contributed by atoms with Crippen LogP contribution in [-0.2, 0) is 0 Å². The number of hydrogen-bond acceptors (Lipinski definition) is 5. The second-order valence-electron chi connectivity index (χ2n) is 2.81. The van der Waals surface area contributed by atoms with Gasteiger partial charge in [0.2, 0.25) is 5.95 Å². The third kappa shape index (κ3) is 1.86. The molecule has 0 saturated heterocycles. The second kappa shape index (κ2) is 3.93. The first kappa shape index (κ1) is 9.41. The van der Waals surface area contributed by atoms with Gasteiger partial charge in [-0.15, -0.1) is 6.58 Å². The Morgan fingerprint density at radius 1 is 1.60 bits per heavy atom. The summed E-state index contributed by atoms with van der Waals surface area (Å²) in [4.78, 5) is 24.6. The molecule has 78 valence electrons. The standard InChI is InChI=1S/C8H10N6O/c1-2-3-11-14-8-12-6-5(7(15)13-8)9-4-10-6/h2,4,11H,1,3H2,(H3,9,10,12,13,14,15). The van der Waals surface area contributed by atoms with Gasteiger partial charge in [0.05, 0.1) is 6.33 Å². The summed E-state index contributed by atoms with van der Waals surface area (Å²) in [6.07, 6.45) is 3.10.